The highest BCUT2D eigenvalue weighted by atomic mass is 16.5. The zero-order valence-corrected chi connectivity index (χ0v) is 14.0. The van der Waals surface area contributed by atoms with E-state index < -0.39 is 11.9 Å². The Morgan fingerprint density at radius 3 is 2.25 bits per heavy atom. The number of carboxylic acids is 1. The monoisotopic (exact) mass is 329 g/mol. The van der Waals surface area contributed by atoms with Crippen LogP contribution in [0.4, 0.5) is 0 Å². The van der Waals surface area contributed by atoms with Crippen molar-refractivity contribution in [2.75, 3.05) is 7.11 Å². The van der Waals surface area contributed by atoms with Gasteiger partial charge < -0.3 is 14.7 Å². The Kier molecular flexibility index (Phi) is 4.87. The van der Waals surface area contributed by atoms with Gasteiger partial charge in [0.05, 0.1) is 23.8 Å². The van der Waals surface area contributed by atoms with Crippen LogP contribution < -0.4 is 0 Å². The van der Waals surface area contributed by atoms with Gasteiger partial charge in [0.1, 0.15) is 0 Å². The van der Waals surface area contributed by atoms with E-state index in [1.165, 1.54) is 19.2 Å². The number of allylic oxidation sites excluding steroid dienone is 1. The SMILES string of the molecule is COC(=O)C1=C(C)N(C(C)C)C(=O)C1=Cc1ccc(C(=O)O)cc1. The third kappa shape index (κ3) is 3.08. The molecule has 6 heteroatoms. The van der Waals surface area contributed by atoms with Crippen LogP contribution >= 0.6 is 0 Å². The number of esters is 1. The van der Waals surface area contributed by atoms with Gasteiger partial charge in [-0.2, -0.15) is 0 Å². The molecule has 1 aliphatic rings. The number of benzene rings is 1. The molecule has 1 aliphatic heterocycles. The number of hydrogen-bond donors (Lipinski definition) is 1. The second-order valence-corrected chi connectivity index (χ2v) is 5.71. The minimum absolute atomic E-state index is 0.0996. The summed E-state index contributed by atoms with van der Waals surface area (Å²) in [6, 6.07) is 5.97. The van der Waals surface area contributed by atoms with Crippen LogP contribution in [0, 0.1) is 0 Å². The Morgan fingerprint density at radius 2 is 1.79 bits per heavy atom. The lowest BCUT2D eigenvalue weighted by atomic mass is 10.0. The largest absolute Gasteiger partial charge is 0.478 e. The van der Waals surface area contributed by atoms with Gasteiger partial charge in [0.2, 0.25) is 0 Å². The highest BCUT2D eigenvalue weighted by molar-refractivity contribution is 6.16. The summed E-state index contributed by atoms with van der Waals surface area (Å²) in [5.41, 5.74) is 1.81. The predicted octanol–water partition coefficient (Wildman–Crippen LogP) is 2.47. The number of carbonyl (C=O) groups is 3. The molecular formula is C18H19NO5. The molecule has 2 rings (SSSR count). The van der Waals surface area contributed by atoms with Gasteiger partial charge in [-0.3, -0.25) is 4.79 Å². The van der Waals surface area contributed by atoms with Gasteiger partial charge in [-0.05, 0) is 44.5 Å². The topological polar surface area (TPSA) is 83.9 Å². The van der Waals surface area contributed by atoms with Crippen LogP contribution in [0.5, 0.6) is 0 Å². The van der Waals surface area contributed by atoms with Gasteiger partial charge in [-0.1, -0.05) is 12.1 Å². The molecule has 0 radical (unpaired) electrons. The number of carbonyl (C=O) groups excluding carboxylic acids is 2. The van der Waals surface area contributed by atoms with Crippen molar-refractivity contribution in [3.05, 3.63) is 52.2 Å². The van der Waals surface area contributed by atoms with Crippen molar-refractivity contribution >= 4 is 23.9 Å². The Balaban J connectivity index is 2.51. The number of ether oxygens (including phenoxy) is 1. The molecule has 0 spiro atoms. The number of amides is 1. The second-order valence-electron chi connectivity index (χ2n) is 5.71. The van der Waals surface area contributed by atoms with E-state index in [4.69, 9.17) is 9.84 Å². The molecule has 0 fully saturated rings. The summed E-state index contributed by atoms with van der Waals surface area (Å²) in [4.78, 5) is 37.2. The molecule has 1 amide bonds. The fraction of sp³-hybridized carbons (Fsp3) is 0.278. The Morgan fingerprint density at radius 1 is 1.21 bits per heavy atom. The second kappa shape index (κ2) is 6.70. The molecule has 0 saturated heterocycles. The lowest BCUT2D eigenvalue weighted by molar-refractivity contribution is -0.136. The van der Waals surface area contributed by atoms with Crippen LogP contribution in [-0.4, -0.2) is 41.0 Å². The molecular weight excluding hydrogens is 310 g/mol. The molecule has 0 aliphatic carbocycles. The molecule has 1 aromatic carbocycles. The molecule has 0 saturated carbocycles. The Labute approximate surface area is 140 Å². The van der Waals surface area contributed by atoms with Crippen LogP contribution in [0.25, 0.3) is 6.08 Å². The Bertz CT molecular complexity index is 756. The van der Waals surface area contributed by atoms with Crippen LogP contribution in [-0.2, 0) is 14.3 Å². The van der Waals surface area contributed by atoms with Gasteiger partial charge in [-0.15, -0.1) is 0 Å². The van der Waals surface area contributed by atoms with E-state index in [9.17, 15) is 14.4 Å². The Hall–Kier alpha value is -2.89. The van der Waals surface area contributed by atoms with E-state index in [1.807, 2.05) is 13.8 Å². The standard InChI is InChI=1S/C18H19NO5/c1-10(2)19-11(3)15(18(23)24-4)14(16(19)20)9-12-5-7-13(8-6-12)17(21)22/h5-10H,1-4H3,(H,21,22). The summed E-state index contributed by atoms with van der Waals surface area (Å²) in [6.07, 6.45) is 1.58. The normalized spacial score (nSPS) is 16.3. The minimum atomic E-state index is -1.02. The van der Waals surface area contributed by atoms with E-state index in [-0.39, 0.29) is 28.7 Å². The summed E-state index contributed by atoms with van der Waals surface area (Å²) in [6.45, 7) is 5.43. The first-order valence-electron chi connectivity index (χ1n) is 7.46. The fourth-order valence-electron chi connectivity index (χ4n) is 2.71. The van der Waals surface area contributed by atoms with Gasteiger partial charge in [0.15, 0.2) is 0 Å². The molecule has 1 aromatic rings. The molecule has 0 unspecified atom stereocenters. The first-order chi connectivity index (χ1) is 11.3. The molecule has 0 bridgehead atoms. The predicted molar refractivity (Wildman–Crippen MR) is 88.1 cm³/mol. The third-order valence-corrected chi connectivity index (χ3v) is 3.82. The van der Waals surface area contributed by atoms with Crippen LogP contribution in [0.15, 0.2) is 41.1 Å². The summed E-state index contributed by atoms with van der Waals surface area (Å²) in [5.74, 6) is -1.87. The molecule has 0 atom stereocenters. The van der Waals surface area contributed by atoms with Crippen molar-refractivity contribution in [3.63, 3.8) is 0 Å². The maximum Gasteiger partial charge on any atom is 0.340 e. The van der Waals surface area contributed by atoms with E-state index in [0.29, 0.717) is 11.3 Å². The quantitative estimate of drug-likeness (QED) is 0.677. The molecule has 1 N–H and O–H groups in total. The summed E-state index contributed by atoms with van der Waals surface area (Å²) in [7, 11) is 1.27. The van der Waals surface area contributed by atoms with Crippen molar-refractivity contribution < 1.29 is 24.2 Å². The number of rotatable bonds is 4. The lowest BCUT2D eigenvalue weighted by Crippen LogP contribution is -2.31. The smallest absolute Gasteiger partial charge is 0.340 e. The maximum absolute atomic E-state index is 12.7. The fourth-order valence-corrected chi connectivity index (χ4v) is 2.71. The van der Waals surface area contributed by atoms with Crippen molar-refractivity contribution in [1.29, 1.82) is 0 Å². The molecule has 1 heterocycles. The highest BCUT2D eigenvalue weighted by Gasteiger charge is 2.38. The summed E-state index contributed by atoms with van der Waals surface area (Å²) in [5, 5.41) is 8.93. The van der Waals surface area contributed by atoms with Crippen molar-refractivity contribution in [1.82, 2.24) is 4.90 Å². The minimum Gasteiger partial charge on any atom is -0.478 e. The number of nitrogens with zero attached hydrogens (tertiary/aromatic N) is 1. The van der Waals surface area contributed by atoms with E-state index in [2.05, 4.69) is 0 Å². The average Bonchev–Trinajstić information content (AvgIpc) is 2.77. The number of methoxy groups -OCH3 is 1. The third-order valence-electron chi connectivity index (χ3n) is 3.82. The zero-order chi connectivity index (χ0) is 18.0. The van der Waals surface area contributed by atoms with Crippen LogP contribution in [0.3, 0.4) is 0 Å². The maximum atomic E-state index is 12.7. The first kappa shape index (κ1) is 17.5. The summed E-state index contributed by atoms with van der Waals surface area (Å²) >= 11 is 0. The van der Waals surface area contributed by atoms with E-state index in [1.54, 1.807) is 30.0 Å². The molecule has 24 heavy (non-hydrogen) atoms. The number of aromatic carboxylic acids is 1. The van der Waals surface area contributed by atoms with Gasteiger partial charge in [0.25, 0.3) is 5.91 Å². The van der Waals surface area contributed by atoms with E-state index >= 15 is 0 Å². The number of hydrogen-bond acceptors (Lipinski definition) is 4. The molecule has 126 valence electrons. The van der Waals surface area contributed by atoms with Crippen LogP contribution in [0.2, 0.25) is 0 Å². The molecule has 6 nitrogen and oxygen atoms in total. The van der Waals surface area contributed by atoms with Gasteiger partial charge >= 0.3 is 11.9 Å². The van der Waals surface area contributed by atoms with Gasteiger partial charge in [0, 0.05) is 11.7 Å². The van der Waals surface area contributed by atoms with Crippen molar-refractivity contribution in [3.8, 4) is 0 Å². The highest BCUT2D eigenvalue weighted by Crippen LogP contribution is 2.33. The summed E-state index contributed by atoms with van der Waals surface area (Å²) < 4.78 is 4.81. The van der Waals surface area contributed by atoms with Gasteiger partial charge in [-0.25, -0.2) is 9.59 Å². The first-order valence-corrected chi connectivity index (χ1v) is 7.46. The van der Waals surface area contributed by atoms with Crippen LogP contribution in [0.1, 0.15) is 36.7 Å². The lowest BCUT2D eigenvalue weighted by Gasteiger charge is -2.22. The number of carboxylic acid groups (broad SMARTS) is 1. The average molecular weight is 329 g/mol. The van der Waals surface area contributed by atoms with Crippen molar-refractivity contribution in [2.24, 2.45) is 0 Å². The zero-order valence-electron chi connectivity index (χ0n) is 14.0. The van der Waals surface area contributed by atoms with Crippen molar-refractivity contribution in [2.45, 2.75) is 26.8 Å². The molecule has 0 aromatic heterocycles. The van der Waals surface area contributed by atoms with E-state index in [0.717, 1.165) is 0 Å².